The Hall–Kier alpha value is -5.71. The molecule has 5 rings (SSSR count). The number of anilines is 2. The summed E-state index contributed by atoms with van der Waals surface area (Å²) in [4.78, 5) is 39.1. The van der Waals surface area contributed by atoms with Crippen molar-refractivity contribution in [3.8, 4) is 16.9 Å². The van der Waals surface area contributed by atoms with Crippen molar-refractivity contribution < 1.29 is 59.0 Å². The third-order valence-electron chi connectivity index (χ3n) is 7.61. The quantitative estimate of drug-likeness (QED) is 0.136. The number of alkyl halides is 6. The summed E-state index contributed by atoms with van der Waals surface area (Å²) in [5.41, 5.74) is -3.81. The topological polar surface area (TPSA) is 106 Å². The van der Waals surface area contributed by atoms with E-state index in [2.05, 4.69) is 16.0 Å². The normalized spacial score (nSPS) is 12.0. The van der Waals surface area contributed by atoms with Crippen molar-refractivity contribution in [2.45, 2.75) is 45.3 Å². The first-order chi connectivity index (χ1) is 25.1. The molecule has 1 aromatic heterocycles. The second-order valence-corrected chi connectivity index (χ2v) is 13.8. The number of nitrogens with one attached hydrogen (secondary N) is 3. The van der Waals surface area contributed by atoms with Crippen LogP contribution in [0, 0.1) is 11.6 Å². The highest BCUT2D eigenvalue weighted by Crippen LogP contribution is 2.41. The number of thiophene rings is 1. The average molecular weight is 780 g/mol. The van der Waals surface area contributed by atoms with Crippen LogP contribution in [0.15, 0.2) is 72.8 Å². The number of hydrogen-bond acceptors (Lipinski definition) is 6. The Bertz CT molecular complexity index is 2260. The molecular weight excluding hydrogens is 750 g/mol. The third kappa shape index (κ3) is 9.07. The highest BCUT2D eigenvalue weighted by molar-refractivity contribution is 7.21. The largest absolute Gasteiger partial charge is 0.496 e. The smallest absolute Gasteiger partial charge is 0.419 e. The second kappa shape index (κ2) is 15.0. The lowest BCUT2D eigenvalue weighted by Gasteiger charge is -2.19. The number of carbonyl (C=O) groups excluding carboxylic acids is 3. The maximum atomic E-state index is 15.2. The predicted molar refractivity (Wildman–Crippen MR) is 186 cm³/mol. The van der Waals surface area contributed by atoms with Gasteiger partial charge in [-0.2, -0.15) is 26.3 Å². The number of ether oxygens (including phenoxy) is 2. The molecule has 3 amide bonds. The van der Waals surface area contributed by atoms with Crippen LogP contribution < -0.4 is 20.7 Å². The zero-order valence-electron chi connectivity index (χ0n) is 28.6. The van der Waals surface area contributed by atoms with Gasteiger partial charge in [0.25, 0.3) is 11.8 Å². The lowest BCUT2D eigenvalue weighted by atomic mass is 9.99. The number of methoxy groups -OCH3 is 1. The van der Waals surface area contributed by atoms with Gasteiger partial charge in [-0.1, -0.05) is 18.2 Å². The molecule has 0 atom stereocenters. The Kier molecular flexibility index (Phi) is 10.9. The maximum Gasteiger partial charge on any atom is 0.419 e. The molecule has 1 heterocycles. The van der Waals surface area contributed by atoms with Crippen molar-refractivity contribution in [2.24, 2.45) is 0 Å². The molecule has 4 aromatic carbocycles. The summed E-state index contributed by atoms with van der Waals surface area (Å²) in [5.74, 6) is -4.39. The van der Waals surface area contributed by atoms with Gasteiger partial charge in [0, 0.05) is 27.9 Å². The van der Waals surface area contributed by atoms with Gasteiger partial charge in [0.2, 0.25) is 0 Å². The van der Waals surface area contributed by atoms with Gasteiger partial charge in [-0.3, -0.25) is 9.59 Å². The molecular formula is C37H29F8N3O5S. The Morgan fingerprint density at radius 2 is 1.46 bits per heavy atom. The SMILES string of the molecule is COc1ccc(-c2cc(CNC(=O)OC(C)(C)C)ccc2F)cc1C(=O)Nc1c(C(=O)Nc2ccc(F)c(C(F)(F)F)c2)sc2cc(C(F)(F)F)ccc12. The molecule has 0 radical (unpaired) electrons. The predicted octanol–water partition coefficient (Wildman–Crippen LogP) is 10.4. The zero-order valence-corrected chi connectivity index (χ0v) is 29.4. The summed E-state index contributed by atoms with van der Waals surface area (Å²) >= 11 is 0.512. The first kappa shape index (κ1) is 39.5. The van der Waals surface area contributed by atoms with Crippen LogP contribution in [-0.2, 0) is 23.6 Å². The van der Waals surface area contributed by atoms with Crippen LogP contribution in [0.2, 0.25) is 0 Å². The van der Waals surface area contributed by atoms with Crippen LogP contribution in [0.3, 0.4) is 0 Å². The fraction of sp³-hybridized carbons (Fsp3) is 0.216. The van der Waals surface area contributed by atoms with Gasteiger partial charge in [0.15, 0.2) is 0 Å². The van der Waals surface area contributed by atoms with Crippen molar-refractivity contribution >= 4 is 50.7 Å². The molecule has 0 fully saturated rings. The van der Waals surface area contributed by atoms with E-state index in [1.807, 2.05) is 0 Å². The standard InChI is InChI=1S/C37H29F8N3O5S/c1-35(2,3)53-34(51)46-17-18-5-10-26(38)23(13-18)19-6-12-28(52-4)24(14-19)32(49)48-30-22-9-7-20(36(40,41)42)15-29(22)54-31(30)33(50)47-21-8-11-27(39)25(16-21)37(43,44)45/h5-16H,17H2,1-4H3,(H,46,51)(H,47,50)(H,48,49). The van der Waals surface area contributed by atoms with Crippen LogP contribution >= 0.6 is 11.3 Å². The number of rotatable bonds is 8. The summed E-state index contributed by atoms with van der Waals surface area (Å²) in [7, 11) is 1.24. The first-order valence-electron chi connectivity index (χ1n) is 15.7. The van der Waals surface area contributed by atoms with E-state index in [1.165, 1.54) is 37.4 Å². The van der Waals surface area contributed by atoms with E-state index in [0.717, 1.165) is 30.3 Å². The number of fused-ring (bicyclic) bond motifs is 1. The number of benzene rings is 4. The van der Waals surface area contributed by atoms with Gasteiger partial charge in [-0.05, 0) is 86.5 Å². The Labute approximate surface area is 306 Å². The molecule has 17 heteroatoms. The first-order valence-corrected chi connectivity index (χ1v) is 16.5. The van der Waals surface area contributed by atoms with Gasteiger partial charge in [-0.15, -0.1) is 11.3 Å². The van der Waals surface area contributed by atoms with Crippen LogP contribution in [0.1, 0.15) is 57.5 Å². The van der Waals surface area contributed by atoms with Crippen molar-refractivity contribution in [3.63, 3.8) is 0 Å². The molecule has 54 heavy (non-hydrogen) atoms. The van der Waals surface area contributed by atoms with E-state index in [4.69, 9.17) is 9.47 Å². The van der Waals surface area contributed by atoms with Crippen LogP contribution in [0.5, 0.6) is 5.75 Å². The minimum atomic E-state index is -5.11. The molecule has 284 valence electrons. The molecule has 0 spiro atoms. The molecule has 0 saturated carbocycles. The number of alkyl carbamates (subject to hydrolysis) is 1. The lowest BCUT2D eigenvalue weighted by Crippen LogP contribution is -2.32. The zero-order chi connectivity index (χ0) is 39.7. The lowest BCUT2D eigenvalue weighted by molar-refractivity contribution is -0.140. The fourth-order valence-corrected chi connectivity index (χ4v) is 6.28. The van der Waals surface area contributed by atoms with Crippen LogP contribution in [0.4, 0.5) is 51.3 Å². The number of halogens is 8. The monoisotopic (exact) mass is 779 g/mol. The fourth-order valence-electron chi connectivity index (χ4n) is 5.19. The minimum absolute atomic E-state index is 0.0182. The van der Waals surface area contributed by atoms with Crippen LogP contribution in [-0.4, -0.2) is 30.6 Å². The van der Waals surface area contributed by atoms with E-state index < -0.39 is 69.2 Å². The molecule has 0 aliphatic heterocycles. The molecule has 8 nitrogen and oxygen atoms in total. The summed E-state index contributed by atoms with van der Waals surface area (Å²) in [6.45, 7) is 5.02. The van der Waals surface area contributed by atoms with Crippen LogP contribution in [0.25, 0.3) is 21.2 Å². The van der Waals surface area contributed by atoms with E-state index in [-0.39, 0.29) is 44.8 Å². The Balaban J connectivity index is 1.51. The van der Waals surface area contributed by atoms with Crippen molar-refractivity contribution in [1.82, 2.24) is 5.32 Å². The third-order valence-corrected chi connectivity index (χ3v) is 8.76. The molecule has 0 saturated heterocycles. The Morgan fingerprint density at radius 3 is 2.11 bits per heavy atom. The molecule has 0 aliphatic carbocycles. The Morgan fingerprint density at radius 1 is 0.759 bits per heavy atom. The number of hydrogen-bond donors (Lipinski definition) is 3. The second-order valence-electron chi connectivity index (χ2n) is 12.7. The molecule has 3 N–H and O–H groups in total. The van der Waals surface area contributed by atoms with Gasteiger partial charge in [0.05, 0.1) is 29.5 Å². The molecule has 0 aliphatic rings. The van der Waals surface area contributed by atoms with E-state index in [1.54, 1.807) is 20.8 Å². The minimum Gasteiger partial charge on any atom is -0.496 e. The van der Waals surface area contributed by atoms with Crippen molar-refractivity contribution in [3.05, 3.63) is 112 Å². The molecule has 5 aromatic rings. The molecule has 0 unspecified atom stereocenters. The average Bonchev–Trinajstić information content (AvgIpc) is 3.44. The highest BCUT2D eigenvalue weighted by atomic mass is 32.1. The summed E-state index contributed by atoms with van der Waals surface area (Å²) < 4.78 is 120. The summed E-state index contributed by atoms with van der Waals surface area (Å²) in [5, 5.41) is 7.23. The van der Waals surface area contributed by atoms with E-state index in [0.29, 0.717) is 29.0 Å². The number of amides is 3. The highest BCUT2D eigenvalue weighted by Gasteiger charge is 2.35. The van der Waals surface area contributed by atoms with Gasteiger partial charge in [0.1, 0.15) is 27.9 Å². The van der Waals surface area contributed by atoms with Gasteiger partial charge in [-0.25, -0.2) is 13.6 Å². The summed E-state index contributed by atoms with van der Waals surface area (Å²) in [6, 6.07) is 12.3. The number of carbonyl (C=O) groups is 3. The van der Waals surface area contributed by atoms with Crippen molar-refractivity contribution in [1.29, 1.82) is 0 Å². The summed E-state index contributed by atoms with van der Waals surface area (Å²) in [6.07, 6.45) is -10.6. The maximum absolute atomic E-state index is 15.2. The van der Waals surface area contributed by atoms with Crippen molar-refractivity contribution in [2.75, 3.05) is 17.7 Å². The van der Waals surface area contributed by atoms with E-state index in [9.17, 15) is 45.1 Å². The van der Waals surface area contributed by atoms with Gasteiger partial charge < -0.3 is 25.4 Å². The van der Waals surface area contributed by atoms with Gasteiger partial charge >= 0.3 is 18.4 Å². The molecule has 0 bridgehead atoms. The van der Waals surface area contributed by atoms with E-state index >= 15 is 4.39 Å².